The summed E-state index contributed by atoms with van der Waals surface area (Å²) in [6.07, 6.45) is 16.2. The van der Waals surface area contributed by atoms with Crippen LogP contribution in [0.1, 0.15) is 292 Å². The summed E-state index contributed by atoms with van der Waals surface area (Å²) < 4.78 is 14.1. The first kappa shape index (κ1) is 90.2. The molecule has 18 heteroatoms. The first-order valence-corrected chi connectivity index (χ1v) is 49.9. The lowest BCUT2D eigenvalue weighted by Gasteiger charge is -2.44. The van der Waals surface area contributed by atoms with Gasteiger partial charge in [-0.15, -0.1) is 56.7 Å². The summed E-state index contributed by atoms with van der Waals surface area (Å²) in [5.74, 6) is 1.24. The average molecular weight is 1800 g/mol. The summed E-state index contributed by atoms with van der Waals surface area (Å²) in [4.78, 5) is 95.9. The van der Waals surface area contributed by atoms with Gasteiger partial charge < -0.3 is 0 Å². The van der Waals surface area contributed by atoms with E-state index in [4.69, 9.17) is 23.2 Å². The van der Waals surface area contributed by atoms with Crippen molar-refractivity contribution < 1.29 is 28.4 Å². The van der Waals surface area contributed by atoms with Crippen LogP contribution in [0, 0.1) is 46.7 Å². The van der Waals surface area contributed by atoms with Gasteiger partial charge in [0.15, 0.2) is 28.9 Å². The molecule has 10 aliphatic carbocycles. The first-order valence-electron chi connectivity index (χ1n) is 44.7. The van der Waals surface area contributed by atoms with Crippen molar-refractivity contribution in [1.82, 2.24) is 24.9 Å². The van der Waals surface area contributed by atoms with Gasteiger partial charge in [-0.2, -0.15) is 0 Å². The lowest BCUT2D eigenvalue weighted by atomic mass is 9.59. The second-order valence-corrected chi connectivity index (χ2v) is 45.8. The van der Waals surface area contributed by atoms with Crippen LogP contribution in [0.25, 0.3) is 0 Å². The molecule has 5 aromatic carbocycles. The quantitative estimate of drug-likeness (QED) is 0.129. The van der Waals surface area contributed by atoms with Crippen molar-refractivity contribution in [2.45, 2.75) is 273 Å². The monoisotopic (exact) mass is 1800 g/mol. The Hall–Kier alpha value is -8.19. The number of rotatable bonds is 10. The molecule has 0 fully saturated rings. The van der Waals surface area contributed by atoms with E-state index < -0.39 is 16.2 Å². The molecule has 0 unspecified atom stereocenters. The summed E-state index contributed by atoms with van der Waals surface area (Å²) in [6, 6.07) is 40.2. The predicted octanol–water partition coefficient (Wildman–Crippen LogP) is 27.5. The summed E-state index contributed by atoms with van der Waals surface area (Å²) in [6.45, 7) is 37.1. The van der Waals surface area contributed by atoms with Gasteiger partial charge in [-0.3, -0.25) is 24.0 Å². The molecule has 10 nitrogen and oxygen atoms in total. The van der Waals surface area contributed by atoms with Crippen molar-refractivity contribution >= 4 is 109 Å². The predicted molar refractivity (Wildman–Crippen MR) is 511 cm³/mol. The molecule has 0 saturated heterocycles. The highest BCUT2D eigenvalue weighted by molar-refractivity contribution is 7.11. The maximum Gasteiger partial charge on any atom is 0.160 e. The maximum atomic E-state index is 14.1. The highest BCUT2D eigenvalue weighted by Crippen LogP contribution is 2.62. The molecule has 0 radical (unpaired) electrons. The number of allylic oxidation sites excluding steroid dienone is 10. The fourth-order valence-corrected chi connectivity index (χ4v) is 30.1. The van der Waals surface area contributed by atoms with Gasteiger partial charge in [-0.25, -0.2) is 29.3 Å². The minimum absolute atomic E-state index is 0.0230. The molecular formula is C107H116Cl2FN5O5S5. The van der Waals surface area contributed by atoms with Crippen LogP contribution in [-0.4, -0.2) is 53.8 Å². The van der Waals surface area contributed by atoms with Crippen LogP contribution in [0.5, 0.6) is 0 Å². The van der Waals surface area contributed by atoms with Gasteiger partial charge in [0.2, 0.25) is 0 Å². The lowest BCUT2D eigenvalue weighted by Crippen LogP contribution is -2.42. The molecule has 650 valence electrons. The maximum absolute atomic E-state index is 14.1. The fourth-order valence-electron chi connectivity index (χ4n) is 24.2. The molecule has 0 spiro atoms. The third-order valence-electron chi connectivity index (χ3n) is 28.6. The zero-order valence-electron chi connectivity index (χ0n) is 75.5. The number of thiazole rings is 5. The van der Waals surface area contributed by atoms with E-state index in [1.165, 1.54) is 87.1 Å². The fraction of sp³-hybridized carbons (Fsp3) is 0.439. The minimum Gasteiger partial charge on any atom is -0.294 e. The zero-order chi connectivity index (χ0) is 89.1. The number of Topliss-reactive ketones (excluding diaryl/α,β-unsaturated/α-hetero) is 5. The van der Waals surface area contributed by atoms with Crippen molar-refractivity contribution in [1.29, 1.82) is 0 Å². The normalized spacial score (nSPS) is 24.9. The molecule has 0 aliphatic heterocycles. The molecule has 0 amide bonds. The standard InChI is InChI=1S/2C22H25NOS.2C21H22ClNOS.C21H22FNOS/c2*1-5-22(16-8-6-7-14(2)9-16)19-15(10-17-20(22)25-13-23-17)11-21(3,4)12-18(19)24;3*1-4-21(14-6-5-7-15(22)9-14)18-13(8-16-19(21)25-12-23-16)10-20(2,3)11-17(18)24/h2*6-9,13H,5,10-12H2,1-4H3;3*5-7,9,12H,4,8,10-11H2,1-3H3/t2*22-;3*21-/m10100/s1. The van der Waals surface area contributed by atoms with Gasteiger partial charge in [-0.05, 0) is 169 Å². The molecule has 10 aliphatic rings. The van der Waals surface area contributed by atoms with Crippen LogP contribution in [0.3, 0.4) is 0 Å². The third kappa shape index (κ3) is 15.9. The van der Waals surface area contributed by atoms with E-state index in [2.05, 4.69) is 203 Å². The van der Waals surface area contributed by atoms with Crippen LogP contribution < -0.4 is 0 Å². The molecule has 5 heterocycles. The highest BCUT2D eigenvalue weighted by Gasteiger charge is 2.57. The first-order chi connectivity index (χ1) is 59.4. The molecule has 125 heavy (non-hydrogen) atoms. The highest BCUT2D eigenvalue weighted by atomic mass is 35.5. The van der Waals surface area contributed by atoms with Gasteiger partial charge in [-0.1, -0.05) is 251 Å². The van der Waals surface area contributed by atoms with Crippen molar-refractivity contribution in [2.75, 3.05) is 0 Å². The summed E-state index contributed by atoms with van der Waals surface area (Å²) in [5.41, 5.74) is 33.1. The van der Waals surface area contributed by atoms with E-state index in [-0.39, 0.29) is 49.5 Å². The second kappa shape index (κ2) is 34.0. The van der Waals surface area contributed by atoms with E-state index in [0.29, 0.717) is 65.3 Å². The van der Waals surface area contributed by atoms with E-state index in [9.17, 15) is 28.4 Å². The largest absolute Gasteiger partial charge is 0.294 e. The molecule has 5 atom stereocenters. The number of aryl methyl sites for hydroxylation is 2. The molecule has 5 aromatic heterocycles. The summed E-state index contributed by atoms with van der Waals surface area (Å²) in [5, 5.41) is 1.43. The molecule has 0 N–H and O–H groups in total. The Morgan fingerprint density at radius 3 is 0.712 bits per heavy atom. The van der Waals surface area contributed by atoms with Gasteiger partial charge in [0.05, 0.1) is 83.1 Å². The minimum atomic E-state index is -0.556. The molecule has 0 bridgehead atoms. The van der Waals surface area contributed by atoms with Crippen molar-refractivity contribution in [2.24, 2.45) is 27.1 Å². The summed E-state index contributed by atoms with van der Waals surface area (Å²) in [7, 11) is 0. The Bertz CT molecular complexity index is 5320. The number of carbonyl (C=O) groups excluding carboxylic acids is 5. The third-order valence-corrected chi connectivity index (χ3v) is 34.2. The van der Waals surface area contributed by atoms with Crippen molar-refractivity contribution in [3.05, 3.63) is 312 Å². The van der Waals surface area contributed by atoms with Gasteiger partial charge in [0, 0.05) is 127 Å². The topological polar surface area (TPSA) is 150 Å². The van der Waals surface area contributed by atoms with Gasteiger partial charge in [0.1, 0.15) is 5.82 Å². The van der Waals surface area contributed by atoms with Crippen LogP contribution in [-0.2, 0) is 83.2 Å². The SMILES string of the molecule is CC[C@@]1(c2cccc(C)c2)C2=C(Cc3ncsc31)CC(C)(C)CC2=O.CC[C@@]1(c2cccc(Cl)c2)C2=C(Cc3ncsc31)CC(C)(C)CC2=O.CC[C@]1(c2cccc(C)c2)C2=C(Cc3ncsc31)CC(C)(C)CC2=O.CC[C@]1(c2cccc(Cl)c2)C2=C(Cc3ncsc31)CC(C)(C)CC2=O.CC[C@]1(c2cccc(F)c2)C2=C(Cc3ncsc31)CC(C)(C)CC2=O. The molecular weight excluding hydrogens is 1690 g/mol. The second-order valence-electron chi connectivity index (χ2n) is 40.7. The van der Waals surface area contributed by atoms with Crippen LogP contribution in [0.2, 0.25) is 10.0 Å². The molecule has 20 rings (SSSR count). The summed E-state index contributed by atoms with van der Waals surface area (Å²) >= 11 is 21.0. The van der Waals surface area contributed by atoms with E-state index in [1.807, 2.05) is 70.0 Å². The number of benzene rings is 5. The number of aromatic nitrogens is 5. The van der Waals surface area contributed by atoms with E-state index >= 15 is 0 Å². The van der Waals surface area contributed by atoms with E-state index in [0.717, 1.165) is 163 Å². The van der Waals surface area contributed by atoms with E-state index in [1.54, 1.807) is 68.8 Å². The number of halogens is 3. The average Bonchev–Trinajstić information content (AvgIpc) is 1.73. The van der Waals surface area contributed by atoms with Crippen molar-refractivity contribution in [3.8, 4) is 0 Å². The van der Waals surface area contributed by atoms with Crippen LogP contribution in [0.4, 0.5) is 4.39 Å². The zero-order valence-corrected chi connectivity index (χ0v) is 81.1. The Morgan fingerprint density at radius 2 is 0.504 bits per heavy atom. The molecule has 0 saturated carbocycles. The Morgan fingerprint density at radius 1 is 0.296 bits per heavy atom. The lowest BCUT2D eigenvalue weighted by molar-refractivity contribution is -0.119. The van der Waals surface area contributed by atoms with Gasteiger partial charge >= 0.3 is 0 Å². The Labute approximate surface area is 768 Å². The van der Waals surface area contributed by atoms with Gasteiger partial charge in [0.25, 0.3) is 0 Å². The smallest absolute Gasteiger partial charge is 0.160 e. The van der Waals surface area contributed by atoms with Crippen LogP contribution in [0.15, 0.2) is 205 Å². The number of nitrogens with zero attached hydrogens (tertiary/aromatic N) is 5. The number of fused-ring (bicyclic) bond motifs is 5. The number of hydrogen-bond donors (Lipinski definition) is 0. The van der Waals surface area contributed by atoms with Crippen LogP contribution >= 0.6 is 79.9 Å². The van der Waals surface area contributed by atoms with Crippen molar-refractivity contribution in [3.63, 3.8) is 0 Å². The Kier molecular flexibility index (Phi) is 24.5. The number of hydrogen-bond acceptors (Lipinski definition) is 15. The Balaban J connectivity index is 0.000000115. The number of ketones is 5. The number of carbonyl (C=O) groups is 5. The molecule has 10 aromatic rings.